The van der Waals surface area contributed by atoms with Crippen LogP contribution in [0.2, 0.25) is 0 Å². The average molecular weight is 401 g/mol. The molecule has 2 aromatic carbocycles. The van der Waals surface area contributed by atoms with E-state index in [4.69, 9.17) is 0 Å². The van der Waals surface area contributed by atoms with Crippen molar-refractivity contribution in [2.75, 3.05) is 11.9 Å². The Labute approximate surface area is 156 Å². The molecule has 1 saturated heterocycles. The summed E-state index contributed by atoms with van der Waals surface area (Å²) in [6.07, 6.45) is 0.764. The molecule has 5 heteroatoms. The third kappa shape index (κ3) is 2.97. The maximum absolute atomic E-state index is 13.1. The van der Waals surface area contributed by atoms with E-state index in [9.17, 15) is 9.59 Å². The Morgan fingerprint density at radius 2 is 1.40 bits per heavy atom. The summed E-state index contributed by atoms with van der Waals surface area (Å²) < 4.78 is 0. The topological polar surface area (TPSA) is 49.4 Å². The van der Waals surface area contributed by atoms with Crippen LogP contribution in [0.15, 0.2) is 48.5 Å². The van der Waals surface area contributed by atoms with Crippen LogP contribution in [0.3, 0.4) is 0 Å². The largest absolute Gasteiger partial charge is 0.325 e. The van der Waals surface area contributed by atoms with E-state index < -0.39 is 5.54 Å². The molecule has 2 aromatic rings. The summed E-state index contributed by atoms with van der Waals surface area (Å²) in [7, 11) is 0. The number of amides is 3. The number of rotatable bonds is 5. The molecule has 0 bridgehead atoms. The fraction of sp³-hybridized carbons (Fsp3) is 0.300. The number of aryl methyl sites for hydroxylation is 2. The van der Waals surface area contributed by atoms with E-state index in [0.717, 1.165) is 34.0 Å². The van der Waals surface area contributed by atoms with E-state index in [-0.39, 0.29) is 11.9 Å². The normalized spacial score (nSPS) is 16.2. The number of halogens is 1. The predicted molar refractivity (Wildman–Crippen MR) is 102 cm³/mol. The van der Waals surface area contributed by atoms with E-state index in [1.807, 2.05) is 62.4 Å². The molecular weight excluding hydrogens is 380 g/mol. The van der Waals surface area contributed by atoms with E-state index in [1.165, 1.54) is 0 Å². The lowest BCUT2D eigenvalue weighted by molar-refractivity contribution is -0.125. The second kappa shape index (κ2) is 7.00. The van der Waals surface area contributed by atoms with Crippen molar-refractivity contribution in [1.29, 1.82) is 0 Å². The van der Waals surface area contributed by atoms with Gasteiger partial charge in [-0.25, -0.2) is 4.79 Å². The molecule has 0 radical (unpaired) electrons. The van der Waals surface area contributed by atoms with Gasteiger partial charge in [-0.2, -0.15) is 0 Å². The van der Waals surface area contributed by atoms with Gasteiger partial charge >= 0.3 is 6.03 Å². The van der Waals surface area contributed by atoms with Gasteiger partial charge < -0.3 is 4.90 Å². The van der Waals surface area contributed by atoms with Crippen LogP contribution in [0.1, 0.15) is 28.7 Å². The number of hydrogen-bond donors (Lipinski definition) is 1. The first-order valence-electron chi connectivity index (χ1n) is 8.33. The van der Waals surface area contributed by atoms with Gasteiger partial charge in [-0.3, -0.25) is 10.1 Å². The number of imide groups is 1. The fourth-order valence-electron chi connectivity index (χ4n) is 3.35. The number of alkyl halides is 1. The Balaban J connectivity index is 2.23. The molecule has 3 amide bonds. The highest BCUT2D eigenvalue weighted by Crippen LogP contribution is 2.40. The molecule has 4 nitrogen and oxygen atoms in total. The highest BCUT2D eigenvalue weighted by molar-refractivity contribution is 9.09. The van der Waals surface area contributed by atoms with E-state index in [1.54, 1.807) is 4.90 Å². The Hall–Kier alpha value is -2.14. The van der Waals surface area contributed by atoms with Crippen LogP contribution in [0.25, 0.3) is 0 Å². The zero-order chi connectivity index (χ0) is 18.0. The van der Waals surface area contributed by atoms with Gasteiger partial charge in [0.25, 0.3) is 5.91 Å². The van der Waals surface area contributed by atoms with Crippen LogP contribution in [0, 0.1) is 13.8 Å². The van der Waals surface area contributed by atoms with Crippen LogP contribution in [-0.2, 0) is 10.3 Å². The molecule has 0 spiro atoms. The fourth-order valence-corrected chi connectivity index (χ4v) is 3.60. The lowest BCUT2D eigenvalue weighted by Crippen LogP contribution is -2.48. The SMILES string of the molecule is Cc1ccc(C2(c3ccc(C)cc3)C(=O)NC(=O)N2CCCBr)cc1. The predicted octanol–water partition coefficient (Wildman–Crippen LogP) is 3.88. The van der Waals surface area contributed by atoms with Crippen molar-refractivity contribution in [2.24, 2.45) is 0 Å². The first kappa shape index (κ1) is 17.7. The lowest BCUT2D eigenvalue weighted by atomic mass is 9.81. The summed E-state index contributed by atoms with van der Waals surface area (Å²) >= 11 is 3.42. The number of benzene rings is 2. The summed E-state index contributed by atoms with van der Waals surface area (Å²) in [5, 5.41) is 3.29. The second-order valence-corrected chi connectivity index (χ2v) is 7.19. The van der Waals surface area contributed by atoms with Crippen LogP contribution < -0.4 is 5.32 Å². The first-order chi connectivity index (χ1) is 12.0. The third-order valence-corrected chi connectivity index (χ3v) is 5.21. The second-order valence-electron chi connectivity index (χ2n) is 6.40. The smallest absolute Gasteiger partial charge is 0.302 e. The van der Waals surface area contributed by atoms with Gasteiger partial charge in [0.2, 0.25) is 0 Å². The molecule has 1 aliphatic rings. The standard InChI is InChI=1S/C20H21BrN2O2/c1-14-4-8-16(9-5-14)20(17-10-6-15(2)7-11-17)18(24)22-19(25)23(20)13-3-12-21/h4-11H,3,12-13H2,1-2H3,(H,22,24,25). The van der Waals surface area contributed by atoms with E-state index in [2.05, 4.69) is 21.2 Å². The Bertz CT molecular complexity index is 739. The van der Waals surface area contributed by atoms with Crippen molar-refractivity contribution in [3.05, 3.63) is 70.8 Å². The van der Waals surface area contributed by atoms with Crippen LogP contribution in [-0.4, -0.2) is 28.7 Å². The number of nitrogens with zero attached hydrogens (tertiary/aromatic N) is 1. The average Bonchev–Trinajstić information content (AvgIpc) is 2.85. The molecule has 130 valence electrons. The van der Waals surface area contributed by atoms with Crippen molar-refractivity contribution in [3.8, 4) is 0 Å². The van der Waals surface area contributed by atoms with Crippen molar-refractivity contribution in [1.82, 2.24) is 10.2 Å². The molecule has 0 unspecified atom stereocenters. The summed E-state index contributed by atoms with van der Waals surface area (Å²) in [6.45, 7) is 4.50. The highest BCUT2D eigenvalue weighted by Gasteiger charge is 2.55. The maximum Gasteiger partial charge on any atom is 0.325 e. The molecule has 0 saturated carbocycles. The van der Waals surface area contributed by atoms with Gasteiger partial charge in [0.15, 0.2) is 5.54 Å². The molecule has 1 aliphatic heterocycles. The number of hydrogen-bond acceptors (Lipinski definition) is 2. The summed E-state index contributed by atoms with van der Waals surface area (Å²) in [4.78, 5) is 27.3. The van der Waals surface area contributed by atoms with Gasteiger partial charge in [-0.05, 0) is 31.4 Å². The molecule has 0 aliphatic carbocycles. The molecule has 0 atom stereocenters. The summed E-state index contributed by atoms with van der Waals surface area (Å²) in [5.74, 6) is -0.292. The Morgan fingerprint density at radius 1 is 0.920 bits per heavy atom. The Kier molecular flexibility index (Phi) is 4.95. The van der Waals surface area contributed by atoms with Crippen molar-refractivity contribution in [2.45, 2.75) is 25.8 Å². The van der Waals surface area contributed by atoms with Crippen molar-refractivity contribution >= 4 is 27.9 Å². The van der Waals surface area contributed by atoms with Gasteiger partial charge in [0.1, 0.15) is 0 Å². The van der Waals surface area contributed by atoms with Gasteiger partial charge in [0.05, 0.1) is 0 Å². The number of carbonyl (C=O) groups excluding carboxylic acids is 2. The van der Waals surface area contributed by atoms with E-state index >= 15 is 0 Å². The van der Waals surface area contributed by atoms with Crippen LogP contribution >= 0.6 is 15.9 Å². The third-order valence-electron chi connectivity index (χ3n) is 4.65. The van der Waals surface area contributed by atoms with E-state index in [0.29, 0.717) is 6.54 Å². The molecular formula is C20H21BrN2O2. The summed E-state index contributed by atoms with van der Waals surface area (Å²) in [5.41, 5.74) is 2.71. The van der Waals surface area contributed by atoms with Crippen LogP contribution in [0.4, 0.5) is 4.79 Å². The highest BCUT2D eigenvalue weighted by atomic mass is 79.9. The first-order valence-corrected chi connectivity index (χ1v) is 9.45. The minimum atomic E-state index is -1.12. The van der Waals surface area contributed by atoms with Crippen LogP contribution in [0.5, 0.6) is 0 Å². The van der Waals surface area contributed by atoms with Crippen molar-refractivity contribution in [3.63, 3.8) is 0 Å². The number of carbonyl (C=O) groups is 2. The summed E-state index contributed by atoms with van der Waals surface area (Å²) in [6, 6.07) is 15.3. The molecule has 0 aromatic heterocycles. The zero-order valence-corrected chi connectivity index (χ0v) is 16.0. The monoisotopic (exact) mass is 400 g/mol. The maximum atomic E-state index is 13.1. The molecule has 25 heavy (non-hydrogen) atoms. The Morgan fingerprint density at radius 3 is 1.84 bits per heavy atom. The van der Waals surface area contributed by atoms with Gasteiger partial charge in [-0.15, -0.1) is 0 Å². The molecule has 1 N–H and O–H groups in total. The number of urea groups is 1. The zero-order valence-electron chi connectivity index (χ0n) is 14.4. The lowest BCUT2D eigenvalue weighted by Gasteiger charge is -2.36. The van der Waals surface area contributed by atoms with Crippen molar-refractivity contribution < 1.29 is 9.59 Å². The van der Waals surface area contributed by atoms with Gasteiger partial charge in [-0.1, -0.05) is 75.6 Å². The number of nitrogens with one attached hydrogen (secondary N) is 1. The molecule has 3 rings (SSSR count). The quantitative estimate of drug-likeness (QED) is 0.611. The molecule has 1 heterocycles. The minimum Gasteiger partial charge on any atom is -0.302 e. The molecule has 1 fully saturated rings. The minimum absolute atomic E-state index is 0.292. The van der Waals surface area contributed by atoms with Gasteiger partial charge in [0, 0.05) is 11.9 Å².